The van der Waals surface area contributed by atoms with Crippen LogP contribution in [0, 0.1) is 0 Å². The van der Waals surface area contributed by atoms with Gasteiger partial charge in [0.25, 0.3) is 11.5 Å². The molecule has 1 fully saturated rings. The van der Waals surface area contributed by atoms with E-state index in [0.29, 0.717) is 13.1 Å². The summed E-state index contributed by atoms with van der Waals surface area (Å²) >= 11 is 0. The summed E-state index contributed by atoms with van der Waals surface area (Å²) < 4.78 is 6.85. The molecule has 0 N–H and O–H groups in total. The SMILES string of the molecule is CN1CCC(N(Cc2ccco2)C(=O)c2ccc(=O)n(Cc3ccccc3)n2)CC1. The van der Waals surface area contributed by atoms with Gasteiger partial charge >= 0.3 is 0 Å². The summed E-state index contributed by atoms with van der Waals surface area (Å²) in [5.41, 5.74) is 1.00. The molecule has 4 rings (SSSR count). The van der Waals surface area contributed by atoms with Crippen LogP contribution in [-0.4, -0.2) is 51.7 Å². The van der Waals surface area contributed by atoms with E-state index in [0.717, 1.165) is 37.3 Å². The lowest BCUT2D eigenvalue weighted by atomic mass is 10.0. The number of carbonyl (C=O) groups is 1. The topological polar surface area (TPSA) is 71.6 Å². The minimum absolute atomic E-state index is 0.107. The van der Waals surface area contributed by atoms with Crippen molar-refractivity contribution in [2.45, 2.75) is 32.0 Å². The van der Waals surface area contributed by atoms with Gasteiger partial charge in [-0.3, -0.25) is 9.59 Å². The Morgan fingerprint density at radius 3 is 2.57 bits per heavy atom. The van der Waals surface area contributed by atoms with E-state index in [1.807, 2.05) is 47.4 Å². The summed E-state index contributed by atoms with van der Waals surface area (Å²) in [5, 5.41) is 4.40. The molecule has 1 aromatic carbocycles. The molecule has 1 aliphatic heterocycles. The highest BCUT2D eigenvalue weighted by Crippen LogP contribution is 2.20. The molecule has 2 aromatic heterocycles. The molecule has 3 heterocycles. The Morgan fingerprint density at radius 1 is 1.10 bits per heavy atom. The van der Waals surface area contributed by atoms with Crippen molar-refractivity contribution in [3.8, 4) is 0 Å². The van der Waals surface area contributed by atoms with Gasteiger partial charge in [-0.1, -0.05) is 30.3 Å². The van der Waals surface area contributed by atoms with E-state index >= 15 is 0 Å². The fourth-order valence-electron chi connectivity index (χ4n) is 3.82. The molecule has 0 bridgehead atoms. The number of hydrogen-bond acceptors (Lipinski definition) is 5. The van der Waals surface area contributed by atoms with E-state index in [-0.39, 0.29) is 23.2 Å². The molecular formula is C23H26N4O3. The Kier molecular flexibility index (Phi) is 6.09. The first kappa shape index (κ1) is 20.1. The smallest absolute Gasteiger partial charge is 0.274 e. The van der Waals surface area contributed by atoms with Gasteiger partial charge in [-0.05, 0) is 56.7 Å². The molecule has 7 heteroatoms. The number of nitrogens with zero attached hydrogens (tertiary/aromatic N) is 4. The van der Waals surface area contributed by atoms with Gasteiger partial charge in [0.2, 0.25) is 0 Å². The third-order valence-electron chi connectivity index (χ3n) is 5.56. The van der Waals surface area contributed by atoms with E-state index in [2.05, 4.69) is 17.0 Å². The maximum Gasteiger partial charge on any atom is 0.274 e. The minimum Gasteiger partial charge on any atom is -0.467 e. The van der Waals surface area contributed by atoms with Gasteiger partial charge in [-0.25, -0.2) is 4.68 Å². The largest absolute Gasteiger partial charge is 0.467 e. The first-order valence-electron chi connectivity index (χ1n) is 10.2. The molecule has 30 heavy (non-hydrogen) atoms. The third-order valence-corrected chi connectivity index (χ3v) is 5.56. The number of rotatable bonds is 6. The lowest BCUT2D eigenvalue weighted by Crippen LogP contribution is -2.46. The molecule has 1 saturated heterocycles. The first-order chi connectivity index (χ1) is 14.6. The Morgan fingerprint density at radius 2 is 1.87 bits per heavy atom. The van der Waals surface area contributed by atoms with E-state index in [4.69, 9.17) is 4.42 Å². The van der Waals surface area contributed by atoms with Crippen LogP contribution in [0.15, 0.2) is 70.1 Å². The summed E-state index contributed by atoms with van der Waals surface area (Å²) in [6.07, 6.45) is 3.41. The van der Waals surface area contributed by atoms with Gasteiger partial charge in [-0.2, -0.15) is 5.10 Å². The van der Waals surface area contributed by atoms with Crippen LogP contribution in [0.2, 0.25) is 0 Å². The molecule has 0 radical (unpaired) electrons. The summed E-state index contributed by atoms with van der Waals surface area (Å²) in [4.78, 5) is 29.9. The van der Waals surface area contributed by atoms with E-state index in [1.165, 1.54) is 16.8 Å². The maximum absolute atomic E-state index is 13.5. The van der Waals surface area contributed by atoms with Crippen molar-refractivity contribution in [1.82, 2.24) is 19.6 Å². The van der Waals surface area contributed by atoms with Crippen molar-refractivity contribution in [2.75, 3.05) is 20.1 Å². The van der Waals surface area contributed by atoms with Gasteiger partial charge in [0.1, 0.15) is 11.5 Å². The molecule has 3 aromatic rings. The van der Waals surface area contributed by atoms with Gasteiger partial charge < -0.3 is 14.2 Å². The van der Waals surface area contributed by atoms with Gasteiger partial charge in [0.15, 0.2) is 0 Å². The summed E-state index contributed by atoms with van der Waals surface area (Å²) in [6, 6.07) is 16.4. The Bertz CT molecular complexity index is 1020. The summed E-state index contributed by atoms with van der Waals surface area (Å²) in [5.74, 6) is 0.558. The van der Waals surface area contributed by atoms with Crippen LogP contribution in [0.5, 0.6) is 0 Å². The van der Waals surface area contributed by atoms with Gasteiger partial charge in [0.05, 0.1) is 19.4 Å². The molecular weight excluding hydrogens is 380 g/mol. The van der Waals surface area contributed by atoms with Crippen LogP contribution >= 0.6 is 0 Å². The molecule has 7 nitrogen and oxygen atoms in total. The number of carbonyl (C=O) groups excluding carboxylic acids is 1. The number of piperidine rings is 1. The number of aromatic nitrogens is 2. The molecule has 1 amide bonds. The molecule has 0 saturated carbocycles. The number of hydrogen-bond donors (Lipinski definition) is 0. The van der Waals surface area contributed by atoms with Crippen LogP contribution in [0.25, 0.3) is 0 Å². The van der Waals surface area contributed by atoms with Crippen molar-refractivity contribution in [3.63, 3.8) is 0 Å². The average Bonchev–Trinajstić information content (AvgIpc) is 3.28. The average molecular weight is 406 g/mol. The third kappa shape index (κ3) is 4.68. The maximum atomic E-state index is 13.5. The van der Waals surface area contributed by atoms with Crippen molar-refractivity contribution < 1.29 is 9.21 Å². The Hall–Kier alpha value is -3.19. The fraction of sp³-hybridized carbons (Fsp3) is 0.348. The Balaban J connectivity index is 1.60. The normalized spacial score (nSPS) is 15.2. The molecule has 1 aliphatic rings. The zero-order valence-corrected chi connectivity index (χ0v) is 17.1. The first-order valence-corrected chi connectivity index (χ1v) is 10.2. The van der Waals surface area contributed by atoms with Crippen molar-refractivity contribution in [1.29, 1.82) is 0 Å². The van der Waals surface area contributed by atoms with Crippen molar-refractivity contribution in [2.24, 2.45) is 0 Å². The highest BCUT2D eigenvalue weighted by atomic mass is 16.3. The zero-order chi connectivity index (χ0) is 20.9. The van der Waals surface area contributed by atoms with Gasteiger partial charge in [0, 0.05) is 12.1 Å². The van der Waals surface area contributed by atoms with Gasteiger partial charge in [-0.15, -0.1) is 0 Å². The number of benzene rings is 1. The quantitative estimate of drug-likeness (QED) is 0.629. The molecule has 156 valence electrons. The molecule has 0 aliphatic carbocycles. The fourth-order valence-corrected chi connectivity index (χ4v) is 3.82. The predicted octanol–water partition coefficient (Wildman–Crippen LogP) is 2.62. The van der Waals surface area contributed by atoms with Crippen LogP contribution in [0.4, 0.5) is 0 Å². The number of likely N-dealkylation sites (tertiary alicyclic amines) is 1. The number of furan rings is 1. The van der Waals surface area contributed by atoms with E-state index in [9.17, 15) is 9.59 Å². The van der Waals surface area contributed by atoms with Crippen LogP contribution in [-0.2, 0) is 13.1 Å². The van der Waals surface area contributed by atoms with Crippen molar-refractivity contribution in [3.05, 3.63) is 88.2 Å². The van der Waals surface area contributed by atoms with Crippen LogP contribution in [0.3, 0.4) is 0 Å². The molecule has 0 spiro atoms. The monoisotopic (exact) mass is 406 g/mol. The van der Waals surface area contributed by atoms with E-state index < -0.39 is 0 Å². The highest BCUT2D eigenvalue weighted by Gasteiger charge is 2.29. The van der Waals surface area contributed by atoms with E-state index in [1.54, 1.807) is 6.26 Å². The van der Waals surface area contributed by atoms with Crippen LogP contribution < -0.4 is 5.56 Å². The lowest BCUT2D eigenvalue weighted by molar-refractivity contribution is 0.0542. The second-order valence-electron chi connectivity index (χ2n) is 7.75. The Labute approximate surface area is 175 Å². The second-order valence-corrected chi connectivity index (χ2v) is 7.75. The van der Waals surface area contributed by atoms with Crippen molar-refractivity contribution >= 4 is 5.91 Å². The highest BCUT2D eigenvalue weighted by molar-refractivity contribution is 5.92. The number of amides is 1. The lowest BCUT2D eigenvalue weighted by Gasteiger charge is -2.36. The predicted molar refractivity (Wildman–Crippen MR) is 113 cm³/mol. The standard InChI is InChI=1S/C23H26N4O3/c1-25-13-11-19(12-14-25)26(17-20-8-5-15-30-20)23(29)21-9-10-22(28)27(24-21)16-18-6-3-2-4-7-18/h2-10,15,19H,11-14,16-17H2,1H3. The summed E-state index contributed by atoms with van der Waals surface area (Å²) in [7, 11) is 2.09. The molecule has 0 unspecified atom stereocenters. The minimum atomic E-state index is -0.229. The second kappa shape index (κ2) is 9.09. The summed E-state index contributed by atoms with van der Waals surface area (Å²) in [6.45, 7) is 2.59. The molecule has 0 atom stereocenters. The van der Waals surface area contributed by atoms with Crippen LogP contribution in [0.1, 0.15) is 34.7 Å². The zero-order valence-electron chi connectivity index (χ0n) is 17.1.